The second-order valence-corrected chi connectivity index (χ2v) is 10.2. The Kier molecular flexibility index (Phi) is 8.74. The van der Waals surface area contributed by atoms with Crippen molar-refractivity contribution in [2.45, 2.75) is 18.8 Å². The van der Waals surface area contributed by atoms with E-state index in [1.807, 2.05) is 31.3 Å². The highest BCUT2D eigenvalue weighted by molar-refractivity contribution is 5.96. The van der Waals surface area contributed by atoms with Crippen LogP contribution in [-0.2, 0) is 4.79 Å². The first-order valence-corrected chi connectivity index (χ1v) is 13.7. The average molecular weight is 535 g/mol. The molecule has 2 heterocycles. The first-order chi connectivity index (χ1) is 19.0. The molecule has 0 saturated carbocycles. The summed E-state index contributed by atoms with van der Waals surface area (Å²) in [6.45, 7) is 5.62. The summed E-state index contributed by atoms with van der Waals surface area (Å²) in [6.07, 6.45) is 1.60. The van der Waals surface area contributed by atoms with Crippen molar-refractivity contribution in [2.24, 2.45) is 0 Å². The van der Waals surface area contributed by atoms with Crippen LogP contribution in [0.5, 0.6) is 5.75 Å². The molecule has 5 rings (SSSR count). The van der Waals surface area contributed by atoms with Crippen molar-refractivity contribution in [3.05, 3.63) is 89.5 Å². The molecule has 1 atom stereocenters. The lowest BCUT2D eigenvalue weighted by molar-refractivity contribution is -0.120. The van der Waals surface area contributed by atoms with Crippen LogP contribution in [0.4, 0.5) is 20.2 Å². The van der Waals surface area contributed by atoms with Crippen molar-refractivity contribution in [1.82, 2.24) is 9.80 Å². The van der Waals surface area contributed by atoms with Crippen LogP contribution in [-0.4, -0.2) is 75.2 Å². The average Bonchev–Trinajstić information content (AvgIpc) is 3.14. The second-order valence-electron chi connectivity index (χ2n) is 10.2. The van der Waals surface area contributed by atoms with E-state index in [0.717, 1.165) is 68.1 Å². The zero-order chi connectivity index (χ0) is 27.2. The largest absolute Gasteiger partial charge is 0.492 e. The second kappa shape index (κ2) is 12.6. The van der Waals surface area contributed by atoms with Crippen LogP contribution in [0.2, 0.25) is 0 Å². The number of halogens is 2. The van der Waals surface area contributed by atoms with Gasteiger partial charge in [-0.3, -0.25) is 14.6 Å². The molecule has 0 spiro atoms. The quantitative estimate of drug-likeness (QED) is 0.443. The summed E-state index contributed by atoms with van der Waals surface area (Å²) >= 11 is 0. The van der Waals surface area contributed by atoms with Gasteiger partial charge in [0.05, 0.1) is 12.2 Å². The molecule has 2 aliphatic heterocycles. The lowest BCUT2D eigenvalue weighted by Gasteiger charge is -2.35. The van der Waals surface area contributed by atoms with E-state index in [0.29, 0.717) is 25.4 Å². The van der Waals surface area contributed by atoms with Crippen LogP contribution in [0.1, 0.15) is 29.9 Å². The molecule has 6 nitrogen and oxygen atoms in total. The third kappa shape index (κ3) is 6.75. The number of amides is 1. The molecular weight excluding hydrogens is 498 g/mol. The fourth-order valence-corrected chi connectivity index (χ4v) is 5.53. The van der Waals surface area contributed by atoms with Crippen LogP contribution >= 0.6 is 0 Å². The summed E-state index contributed by atoms with van der Waals surface area (Å²) in [5.74, 6) is 0.194. The van der Waals surface area contributed by atoms with Gasteiger partial charge in [0.2, 0.25) is 5.91 Å². The molecule has 39 heavy (non-hydrogen) atoms. The monoisotopic (exact) mass is 534 g/mol. The minimum atomic E-state index is -0.361. The third-order valence-electron chi connectivity index (χ3n) is 7.75. The van der Waals surface area contributed by atoms with Crippen molar-refractivity contribution in [3.8, 4) is 5.75 Å². The zero-order valence-corrected chi connectivity index (χ0v) is 22.4. The number of hydrogen-bond donors (Lipinski definition) is 1. The summed E-state index contributed by atoms with van der Waals surface area (Å²) in [6, 6.07) is 19.1. The van der Waals surface area contributed by atoms with E-state index in [4.69, 9.17) is 4.74 Å². The van der Waals surface area contributed by atoms with Gasteiger partial charge in [-0.05, 0) is 72.5 Å². The molecule has 0 aliphatic carbocycles. The Morgan fingerprint density at radius 1 is 0.897 bits per heavy atom. The van der Waals surface area contributed by atoms with E-state index in [9.17, 15) is 13.6 Å². The highest BCUT2D eigenvalue weighted by atomic mass is 19.1. The van der Waals surface area contributed by atoms with E-state index >= 15 is 0 Å². The number of benzene rings is 3. The fraction of sp³-hybridized carbons (Fsp3) is 0.387. The lowest BCUT2D eigenvalue weighted by Crippen LogP contribution is -2.51. The normalized spacial score (nSPS) is 18.3. The third-order valence-corrected chi connectivity index (χ3v) is 7.75. The predicted molar refractivity (Wildman–Crippen MR) is 151 cm³/mol. The molecule has 0 radical (unpaired) electrons. The van der Waals surface area contributed by atoms with Gasteiger partial charge in [-0.15, -0.1) is 0 Å². The molecule has 1 amide bonds. The van der Waals surface area contributed by atoms with Gasteiger partial charge < -0.3 is 15.0 Å². The Balaban J connectivity index is 1.16. The van der Waals surface area contributed by atoms with Crippen LogP contribution in [0, 0.1) is 11.6 Å². The van der Waals surface area contributed by atoms with Crippen molar-refractivity contribution in [3.63, 3.8) is 0 Å². The first-order valence-electron chi connectivity index (χ1n) is 13.7. The van der Waals surface area contributed by atoms with E-state index in [1.54, 1.807) is 23.1 Å². The number of carbonyl (C=O) groups is 1. The molecule has 3 aromatic carbocycles. The van der Waals surface area contributed by atoms with Crippen molar-refractivity contribution in [2.75, 3.05) is 69.7 Å². The van der Waals surface area contributed by atoms with Gasteiger partial charge in [0, 0.05) is 57.9 Å². The molecule has 0 aromatic heterocycles. The Morgan fingerprint density at radius 3 is 2.31 bits per heavy atom. The summed E-state index contributed by atoms with van der Waals surface area (Å²) in [4.78, 5) is 19.8. The standard InChI is InChI=1S/C31H36F2N4O2/c1-34-26-9-11-27(12-10-26)39-20-19-35-15-17-36(18-16-35)22-31(38)37-14-2-3-28(23-4-6-24(32)7-5-23)29-13-8-25(33)21-30(29)37/h4-13,21,28,34H,2-3,14-20,22H2,1H3. The number of rotatable bonds is 8. The van der Waals surface area contributed by atoms with E-state index in [1.165, 1.54) is 24.3 Å². The SMILES string of the molecule is CNc1ccc(OCCN2CCN(CC(=O)N3CCCC(c4ccc(F)cc4)c4ccc(F)cc43)CC2)cc1. The van der Waals surface area contributed by atoms with Gasteiger partial charge in [-0.25, -0.2) is 8.78 Å². The van der Waals surface area contributed by atoms with Crippen molar-refractivity contribution < 1.29 is 18.3 Å². The molecular formula is C31H36F2N4O2. The van der Waals surface area contributed by atoms with Gasteiger partial charge in [0.15, 0.2) is 0 Å². The molecule has 206 valence electrons. The predicted octanol–water partition coefficient (Wildman–Crippen LogP) is 4.96. The Hall–Kier alpha value is -3.49. The Morgan fingerprint density at radius 2 is 1.59 bits per heavy atom. The van der Waals surface area contributed by atoms with Crippen LogP contribution in [0.25, 0.3) is 0 Å². The number of ether oxygens (including phenoxy) is 1. The molecule has 2 aliphatic rings. The highest BCUT2D eigenvalue weighted by Crippen LogP contribution is 2.39. The fourth-order valence-electron chi connectivity index (χ4n) is 5.53. The first kappa shape index (κ1) is 27.1. The van der Waals surface area contributed by atoms with Crippen molar-refractivity contribution in [1.29, 1.82) is 0 Å². The van der Waals surface area contributed by atoms with Crippen molar-refractivity contribution >= 4 is 17.3 Å². The topological polar surface area (TPSA) is 48.1 Å². The minimum Gasteiger partial charge on any atom is -0.492 e. The molecule has 8 heteroatoms. The number of carbonyl (C=O) groups excluding carboxylic acids is 1. The maximum atomic E-state index is 14.4. The molecule has 3 aromatic rings. The van der Waals surface area contributed by atoms with Gasteiger partial charge in [-0.1, -0.05) is 18.2 Å². The van der Waals surface area contributed by atoms with Crippen LogP contribution in [0.3, 0.4) is 0 Å². The maximum absolute atomic E-state index is 14.4. The molecule has 1 fully saturated rings. The number of piperazine rings is 1. The van der Waals surface area contributed by atoms with Gasteiger partial charge in [-0.2, -0.15) is 0 Å². The minimum absolute atomic E-state index is 0.00832. The number of nitrogens with one attached hydrogen (secondary N) is 1. The summed E-state index contributed by atoms with van der Waals surface area (Å²) in [7, 11) is 1.89. The van der Waals surface area contributed by atoms with E-state index in [-0.39, 0.29) is 23.5 Å². The Labute approximate surface area is 229 Å². The number of fused-ring (bicyclic) bond motifs is 1. The highest BCUT2D eigenvalue weighted by Gasteiger charge is 2.29. The van der Waals surface area contributed by atoms with Gasteiger partial charge in [0.1, 0.15) is 24.0 Å². The van der Waals surface area contributed by atoms with Crippen LogP contribution in [0.15, 0.2) is 66.7 Å². The molecule has 1 saturated heterocycles. The maximum Gasteiger partial charge on any atom is 0.241 e. The zero-order valence-electron chi connectivity index (χ0n) is 22.4. The smallest absolute Gasteiger partial charge is 0.241 e. The molecule has 0 bridgehead atoms. The molecule has 1 N–H and O–H groups in total. The molecule has 1 unspecified atom stereocenters. The number of nitrogens with zero attached hydrogens (tertiary/aromatic N) is 3. The summed E-state index contributed by atoms with van der Waals surface area (Å²) in [5, 5.41) is 3.10. The Bertz CT molecular complexity index is 1240. The lowest BCUT2D eigenvalue weighted by atomic mass is 9.87. The van der Waals surface area contributed by atoms with E-state index < -0.39 is 0 Å². The number of hydrogen-bond acceptors (Lipinski definition) is 5. The number of anilines is 2. The summed E-state index contributed by atoms with van der Waals surface area (Å²) < 4.78 is 33.8. The van der Waals surface area contributed by atoms with Gasteiger partial charge in [0.25, 0.3) is 0 Å². The summed E-state index contributed by atoms with van der Waals surface area (Å²) in [5.41, 5.74) is 3.58. The van der Waals surface area contributed by atoms with Crippen LogP contribution < -0.4 is 15.0 Å². The van der Waals surface area contributed by atoms with Gasteiger partial charge >= 0.3 is 0 Å². The van der Waals surface area contributed by atoms with E-state index in [2.05, 4.69) is 15.1 Å².